The zero-order valence-corrected chi connectivity index (χ0v) is 12.1. The molecule has 2 aliphatic rings. The Bertz CT molecular complexity index is 425. The summed E-state index contributed by atoms with van der Waals surface area (Å²) in [5, 5.41) is 4.64. The molecular formula is C15H26N4. The van der Waals surface area contributed by atoms with Crippen LogP contribution < -0.4 is 5.73 Å². The van der Waals surface area contributed by atoms with Crippen LogP contribution in [0.25, 0.3) is 0 Å². The fourth-order valence-electron chi connectivity index (χ4n) is 3.70. The van der Waals surface area contributed by atoms with Gasteiger partial charge in [-0.1, -0.05) is 32.1 Å². The molecule has 1 aromatic rings. The van der Waals surface area contributed by atoms with E-state index in [1.54, 1.807) is 0 Å². The van der Waals surface area contributed by atoms with E-state index in [1.807, 2.05) is 11.7 Å². The molecule has 0 atom stereocenters. The van der Waals surface area contributed by atoms with Crippen LogP contribution in [0, 0.1) is 0 Å². The van der Waals surface area contributed by atoms with Crippen molar-refractivity contribution in [3.8, 4) is 0 Å². The highest BCUT2D eigenvalue weighted by Gasteiger charge is 2.30. The summed E-state index contributed by atoms with van der Waals surface area (Å²) in [5.41, 5.74) is 6.51. The largest absolute Gasteiger partial charge is 0.325 e. The van der Waals surface area contributed by atoms with E-state index in [1.165, 1.54) is 44.9 Å². The summed E-state index contributed by atoms with van der Waals surface area (Å²) in [6, 6.07) is 0. The van der Waals surface area contributed by atoms with Crippen molar-refractivity contribution in [2.75, 3.05) is 0 Å². The van der Waals surface area contributed by atoms with E-state index < -0.39 is 0 Å². The number of aryl methyl sites for hydroxylation is 1. The highest BCUT2D eigenvalue weighted by Crippen LogP contribution is 2.33. The van der Waals surface area contributed by atoms with Crippen molar-refractivity contribution in [1.82, 2.24) is 14.8 Å². The van der Waals surface area contributed by atoms with Crippen LogP contribution >= 0.6 is 0 Å². The lowest BCUT2D eigenvalue weighted by Crippen LogP contribution is -2.44. The van der Waals surface area contributed by atoms with Crippen molar-refractivity contribution in [2.45, 2.75) is 75.7 Å². The van der Waals surface area contributed by atoms with E-state index in [0.29, 0.717) is 5.92 Å². The quantitative estimate of drug-likeness (QED) is 0.911. The van der Waals surface area contributed by atoms with Gasteiger partial charge in [0.15, 0.2) is 5.82 Å². The summed E-state index contributed by atoms with van der Waals surface area (Å²) in [4.78, 5) is 4.80. The lowest BCUT2D eigenvalue weighted by Gasteiger charge is -2.32. The third kappa shape index (κ3) is 2.83. The van der Waals surface area contributed by atoms with Gasteiger partial charge < -0.3 is 5.73 Å². The molecule has 2 aliphatic carbocycles. The summed E-state index contributed by atoms with van der Waals surface area (Å²) in [6.07, 6.45) is 12.2. The highest BCUT2D eigenvalue weighted by atomic mass is 15.3. The molecular weight excluding hydrogens is 236 g/mol. The number of aromatic nitrogens is 3. The van der Waals surface area contributed by atoms with E-state index in [2.05, 4.69) is 5.10 Å². The molecule has 0 saturated heterocycles. The van der Waals surface area contributed by atoms with Crippen LogP contribution in [0.4, 0.5) is 0 Å². The molecule has 1 aromatic heterocycles. The monoisotopic (exact) mass is 262 g/mol. The van der Waals surface area contributed by atoms with Crippen LogP contribution in [0.2, 0.25) is 0 Å². The molecule has 0 aliphatic heterocycles. The van der Waals surface area contributed by atoms with Gasteiger partial charge in [0.25, 0.3) is 0 Å². The van der Waals surface area contributed by atoms with Crippen LogP contribution in [-0.2, 0) is 13.5 Å². The number of nitrogens with two attached hydrogens (primary N) is 1. The van der Waals surface area contributed by atoms with Gasteiger partial charge in [0.2, 0.25) is 0 Å². The first-order valence-corrected chi connectivity index (χ1v) is 7.85. The maximum Gasteiger partial charge on any atom is 0.154 e. The third-order valence-corrected chi connectivity index (χ3v) is 4.95. The fourth-order valence-corrected chi connectivity index (χ4v) is 3.70. The molecule has 0 spiro atoms. The average Bonchev–Trinajstić information content (AvgIpc) is 3.00. The molecule has 3 rings (SSSR count). The van der Waals surface area contributed by atoms with Gasteiger partial charge in [0.1, 0.15) is 5.82 Å². The first-order chi connectivity index (χ1) is 9.16. The van der Waals surface area contributed by atoms with Crippen molar-refractivity contribution in [3.63, 3.8) is 0 Å². The molecule has 4 nitrogen and oxygen atoms in total. The first-order valence-electron chi connectivity index (χ1n) is 7.85. The van der Waals surface area contributed by atoms with Crippen molar-refractivity contribution >= 4 is 0 Å². The average molecular weight is 262 g/mol. The second-order valence-corrected chi connectivity index (χ2v) is 6.59. The van der Waals surface area contributed by atoms with Crippen molar-refractivity contribution in [3.05, 3.63) is 11.6 Å². The molecule has 0 amide bonds. The van der Waals surface area contributed by atoms with Gasteiger partial charge in [-0.25, -0.2) is 4.98 Å². The SMILES string of the molecule is Cn1nc(C2CCCC2)nc1CC1(N)CCCCC1. The van der Waals surface area contributed by atoms with E-state index in [4.69, 9.17) is 10.7 Å². The van der Waals surface area contributed by atoms with Gasteiger partial charge >= 0.3 is 0 Å². The summed E-state index contributed by atoms with van der Waals surface area (Å²) < 4.78 is 1.97. The number of rotatable bonds is 3. The van der Waals surface area contributed by atoms with Gasteiger partial charge in [-0.05, 0) is 25.7 Å². The van der Waals surface area contributed by atoms with E-state index >= 15 is 0 Å². The van der Waals surface area contributed by atoms with Crippen molar-refractivity contribution < 1.29 is 0 Å². The zero-order chi connectivity index (χ0) is 13.3. The normalized spacial score (nSPS) is 23.9. The van der Waals surface area contributed by atoms with Gasteiger partial charge in [0.05, 0.1) is 0 Å². The zero-order valence-electron chi connectivity index (χ0n) is 12.1. The third-order valence-electron chi connectivity index (χ3n) is 4.95. The number of hydrogen-bond acceptors (Lipinski definition) is 3. The van der Waals surface area contributed by atoms with Crippen LogP contribution in [0.3, 0.4) is 0 Å². The van der Waals surface area contributed by atoms with Gasteiger partial charge in [-0.3, -0.25) is 4.68 Å². The molecule has 0 bridgehead atoms. The molecule has 2 fully saturated rings. The maximum absolute atomic E-state index is 6.54. The van der Waals surface area contributed by atoms with Gasteiger partial charge in [-0.2, -0.15) is 5.10 Å². The minimum Gasteiger partial charge on any atom is -0.325 e. The van der Waals surface area contributed by atoms with Gasteiger partial charge in [-0.15, -0.1) is 0 Å². The molecule has 19 heavy (non-hydrogen) atoms. The number of nitrogens with zero attached hydrogens (tertiary/aromatic N) is 3. The Kier molecular flexibility index (Phi) is 3.61. The smallest absolute Gasteiger partial charge is 0.154 e. The van der Waals surface area contributed by atoms with Crippen molar-refractivity contribution in [2.24, 2.45) is 12.8 Å². The summed E-state index contributed by atoms with van der Waals surface area (Å²) >= 11 is 0. The number of hydrogen-bond donors (Lipinski definition) is 1. The summed E-state index contributed by atoms with van der Waals surface area (Å²) in [7, 11) is 2.02. The van der Waals surface area contributed by atoms with E-state index in [9.17, 15) is 0 Å². The molecule has 0 radical (unpaired) electrons. The Balaban J connectivity index is 1.73. The first kappa shape index (κ1) is 13.1. The van der Waals surface area contributed by atoms with Crippen LogP contribution in [-0.4, -0.2) is 20.3 Å². The molecule has 2 N–H and O–H groups in total. The Morgan fingerprint density at radius 2 is 1.84 bits per heavy atom. The van der Waals surface area contributed by atoms with Crippen LogP contribution in [0.1, 0.15) is 75.4 Å². The van der Waals surface area contributed by atoms with E-state index in [-0.39, 0.29) is 5.54 Å². The van der Waals surface area contributed by atoms with Crippen LogP contribution in [0.15, 0.2) is 0 Å². The van der Waals surface area contributed by atoms with Crippen molar-refractivity contribution in [1.29, 1.82) is 0 Å². The lowest BCUT2D eigenvalue weighted by molar-refractivity contribution is 0.287. The Morgan fingerprint density at radius 3 is 2.53 bits per heavy atom. The molecule has 2 saturated carbocycles. The topological polar surface area (TPSA) is 56.7 Å². The second kappa shape index (κ2) is 5.23. The summed E-state index contributed by atoms with van der Waals surface area (Å²) in [6.45, 7) is 0. The van der Waals surface area contributed by atoms with E-state index in [0.717, 1.165) is 30.9 Å². The molecule has 4 heteroatoms. The molecule has 0 unspecified atom stereocenters. The van der Waals surface area contributed by atoms with Crippen LogP contribution in [0.5, 0.6) is 0 Å². The Labute approximate surface area is 115 Å². The lowest BCUT2D eigenvalue weighted by atomic mass is 9.80. The standard InChI is InChI=1S/C15H26N4/c1-19-13(11-15(16)9-5-2-6-10-15)17-14(18-19)12-7-3-4-8-12/h12H,2-11,16H2,1H3. The second-order valence-electron chi connectivity index (χ2n) is 6.59. The van der Waals surface area contributed by atoms with Gasteiger partial charge in [0, 0.05) is 24.9 Å². The molecule has 1 heterocycles. The minimum atomic E-state index is -0.0357. The maximum atomic E-state index is 6.54. The fraction of sp³-hybridized carbons (Fsp3) is 0.867. The predicted octanol–water partition coefficient (Wildman–Crippen LogP) is 2.68. The predicted molar refractivity (Wildman–Crippen MR) is 75.9 cm³/mol. The Morgan fingerprint density at radius 1 is 1.16 bits per heavy atom. The molecule has 106 valence electrons. The Hall–Kier alpha value is -0.900. The molecule has 0 aromatic carbocycles. The minimum absolute atomic E-state index is 0.0357. The summed E-state index contributed by atoms with van der Waals surface area (Å²) in [5.74, 6) is 2.75. The highest BCUT2D eigenvalue weighted by molar-refractivity contribution is 5.05.